The highest BCUT2D eigenvalue weighted by Gasteiger charge is 2.18. The van der Waals surface area contributed by atoms with Gasteiger partial charge in [0.25, 0.3) is 0 Å². The van der Waals surface area contributed by atoms with Crippen molar-refractivity contribution in [3.8, 4) is 5.75 Å². The minimum absolute atomic E-state index is 0.191. The Bertz CT molecular complexity index is 538. The molecule has 4 heteroatoms. The zero-order valence-corrected chi connectivity index (χ0v) is 12.8. The summed E-state index contributed by atoms with van der Waals surface area (Å²) < 4.78 is 6.58. The molecule has 2 N–H and O–H groups in total. The number of methoxy groups -OCH3 is 1. The zero-order chi connectivity index (χ0) is 13.1. The first kappa shape index (κ1) is 13.6. The number of hydrogen-bond acceptors (Lipinski definition) is 3. The number of ether oxygens (including phenoxy) is 1. The van der Waals surface area contributed by atoms with Crippen LogP contribution < -0.4 is 10.5 Å². The summed E-state index contributed by atoms with van der Waals surface area (Å²) in [5.41, 5.74) is 8.34. The molecule has 0 aliphatic carbocycles. The predicted molar refractivity (Wildman–Crippen MR) is 80.6 cm³/mol. The van der Waals surface area contributed by atoms with Gasteiger partial charge in [-0.15, -0.1) is 11.3 Å². The molecule has 0 spiro atoms. The van der Waals surface area contributed by atoms with E-state index in [4.69, 9.17) is 10.5 Å². The second-order valence-corrected chi connectivity index (χ2v) is 6.67. The van der Waals surface area contributed by atoms with Gasteiger partial charge in [0.2, 0.25) is 0 Å². The number of thiophene rings is 1. The number of rotatable bonds is 4. The Hall–Kier alpha value is -0.840. The third kappa shape index (κ3) is 2.76. The van der Waals surface area contributed by atoms with E-state index >= 15 is 0 Å². The van der Waals surface area contributed by atoms with Crippen molar-refractivity contribution >= 4 is 27.3 Å². The van der Waals surface area contributed by atoms with Crippen LogP contribution in [-0.2, 0) is 0 Å². The quantitative estimate of drug-likeness (QED) is 0.924. The van der Waals surface area contributed by atoms with E-state index in [9.17, 15) is 0 Å². The fourth-order valence-electron chi connectivity index (χ4n) is 2.04. The molecule has 2 aromatic rings. The third-order valence-corrected chi connectivity index (χ3v) is 4.67. The summed E-state index contributed by atoms with van der Waals surface area (Å²) in [6.07, 6.45) is 0. The maximum atomic E-state index is 5.96. The predicted octanol–water partition coefficient (Wildman–Crippen LogP) is 3.92. The monoisotopic (exact) mass is 325 g/mol. The average Bonchev–Trinajstić information content (AvgIpc) is 2.77. The van der Waals surface area contributed by atoms with E-state index in [1.807, 2.05) is 6.07 Å². The van der Waals surface area contributed by atoms with Gasteiger partial charge in [0.1, 0.15) is 5.75 Å². The van der Waals surface area contributed by atoms with Gasteiger partial charge >= 0.3 is 0 Å². The number of halogens is 1. The molecule has 1 unspecified atom stereocenters. The summed E-state index contributed by atoms with van der Waals surface area (Å²) in [6, 6.07) is 10.4. The van der Waals surface area contributed by atoms with Gasteiger partial charge in [0.15, 0.2) is 0 Å². The van der Waals surface area contributed by atoms with E-state index in [1.165, 1.54) is 10.4 Å². The number of benzene rings is 1. The highest BCUT2D eigenvalue weighted by molar-refractivity contribution is 9.11. The molecule has 0 amide bonds. The number of hydrogen-bond donors (Lipinski definition) is 1. The molecular formula is C14H16BrNOS. The molecule has 0 aliphatic rings. The van der Waals surface area contributed by atoms with Gasteiger partial charge < -0.3 is 10.5 Å². The first-order chi connectivity index (χ1) is 8.65. The van der Waals surface area contributed by atoms with Gasteiger partial charge in [-0.3, -0.25) is 0 Å². The lowest BCUT2D eigenvalue weighted by Crippen LogP contribution is -2.13. The van der Waals surface area contributed by atoms with E-state index in [2.05, 4.69) is 47.1 Å². The van der Waals surface area contributed by atoms with E-state index in [0.29, 0.717) is 6.54 Å². The molecule has 0 saturated heterocycles. The van der Waals surface area contributed by atoms with Gasteiger partial charge in [0, 0.05) is 22.9 Å². The van der Waals surface area contributed by atoms with Crippen LogP contribution in [0.25, 0.3) is 0 Å². The van der Waals surface area contributed by atoms with Crippen molar-refractivity contribution in [2.45, 2.75) is 12.8 Å². The molecule has 96 valence electrons. The van der Waals surface area contributed by atoms with Crippen molar-refractivity contribution in [1.82, 2.24) is 0 Å². The number of aryl methyl sites for hydroxylation is 1. The summed E-state index contributed by atoms with van der Waals surface area (Å²) in [4.78, 5) is 1.26. The van der Waals surface area contributed by atoms with Crippen molar-refractivity contribution in [1.29, 1.82) is 0 Å². The molecule has 2 rings (SSSR count). The van der Waals surface area contributed by atoms with Crippen LogP contribution in [0.5, 0.6) is 5.75 Å². The normalized spacial score (nSPS) is 12.4. The lowest BCUT2D eigenvalue weighted by molar-refractivity contribution is 0.408. The Morgan fingerprint density at radius 1 is 1.33 bits per heavy atom. The molecule has 1 aromatic carbocycles. The zero-order valence-electron chi connectivity index (χ0n) is 10.4. The van der Waals surface area contributed by atoms with Crippen molar-refractivity contribution < 1.29 is 4.74 Å². The Kier molecular flexibility index (Phi) is 4.43. The van der Waals surface area contributed by atoms with Crippen LogP contribution in [0.4, 0.5) is 0 Å². The van der Waals surface area contributed by atoms with Crippen LogP contribution >= 0.6 is 27.3 Å². The van der Waals surface area contributed by atoms with Crippen LogP contribution in [0.2, 0.25) is 0 Å². The fraction of sp³-hybridized carbons (Fsp3) is 0.286. The van der Waals surface area contributed by atoms with Crippen LogP contribution in [-0.4, -0.2) is 13.7 Å². The molecule has 1 heterocycles. The van der Waals surface area contributed by atoms with Crippen molar-refractivity contribution in [3.05, 3.63) is 50.1 Å². The molecule has 0 aliphatic heterocycles. The van der Waals surface area contributed by atoms with Gasteiger partial charge in [-0.1, -0.05) is 17.7 Å². The van der Waals surface area contributed by atoms with Gasteiger partial charge in [-0.25, -0.2) is 0 Å². The summed E-state index contributed by atoms with van der Waals surface area (Å²) in [5, 5.41) is 0. The molecule has 18 heavy (non-hydrogen) atoms. The average molecular weight is 326 g/mol. The molecule has 2 nitrogen and oxygen atoms in total. The molecule has 1 aromatic heterocycles. The second kappa shape index (κ2) is 5.87. The van der Waals surface area contributed by atoms with E-state index in [-0.39, 0.29) is 5.92 Å². The van der Waals surface area contributed by atoms with E-state index < -0.39 is 0 Å². The second-order valence-electron chi connectivity index (χ2n) is 4.18. The van der Waals surface area contributed by atoms with Crippen LogP contribution in [0.1, 0.15) is 21.9 Å². The Balaban J connectivity index is 2.47. The minimum Gasteiger partial charge on any atom is -0.496 e. The standard InChI is InChI=1S/C14H16BrNOS/c1-9-3-4-12(17-2)10(7-9)11(8-16)13-5-6-14(15)18-13/h3-7,11H,8,16H2,1-2H3. The largest absolute Gasteiger partial charge is 0.496 e. The van der Waals surface area contributed by atoms with Gasteiger partial charge in [-0.2, -0.15) is 0 Å². The molecule has 1 atom stereocenters. The maximum absolute atomic E-state index is 5.96. The molecule has 0 saturated carbocycles. The summed E-state index contributed by atoms with van der Waals surface area (Å²) in [7, 11) is 1.70. The summed E-state index contributed by atoms with van der Waals surface area (Å²) in [5.74, 6) is 1.09. The van der Waals surface area contributed by atoms with Crippen molar-refractivity contribution in [2.75, 3.05) is 13.7 Å². The third-order valence-electron chi connectivity index (χ3n) is 2.93. The molecule has 0 bridgehead atoms. The summed E-state index contributed by atoms with van der Waals surface area (Å²) in [6.45, 7) is 2.66. The van der Waals surface area contributed by atoms with Crippen molar-refractivity contribution in [3.63, 3.8) is 0 Å². The van der Waals surface area contributed by atoms with E-state index in [1.54, 1.807) is 18.4 Å². The SMILES string of the molecule is COc1ccc(C)cc1C(CN)c1ccc(Br)s1. The van der Waals surface area contributed by atoms with Crippen LogP contribution in [0.3, 0.4) is 0 Å². The molecule has 0 fully saturated rings. The fourth-order valence-corrected chi connectivity index (χ4v) is 3.59. The lowest BCUT2D eigenvalue weighted by atomic mass is 9.95. The van der Waals surface area contributed by atoms with Crippen LogP contribution in [0, 0.1) is 6.92 Å². The van der Waals surface area contributed by atoms with E-state index in [0.717, 1.165) is 15.1 Å². The molecular weight excluding hydrogens is 310 g/mol. The first-order valence-corrected chi connectivity index (χ1v) is 7.36. The summed E-state index contributed by atoms with van der Waals surface area (Å²) >= 11 is 5.22. The topological polar surface area (TPSA) is 35.2 Å². The van der Waals surface area contributed by atoms with Gasteiger partial charge in [0.05, 0.1) is 10.9 Å². The van der Waals surface area contributed by atoms with Gasteiger partial charge in [-0.05, 0) is 41.1 Å². The van der Waals surface area contributed by atoms with Crippen molar-refractivity contribution in [2.24, 2.45) is 5.73 Å². The first-order valence-electron chi connectivity index (χ1n) is 5.75. The highest BCUT2D eigenvalue weighted by atomic mass is 79.9. The Labute approximate surface area is 120 Å². The lowest BCUT2D eigenvalue weighted by Gasteiger charge is -2.17. The Morgan fingerprint density at radius 3 is 2.67 bits per heavy atom. The maximum Gasteiger partial charge on any atom is 0.122 e. The Morgan fingerprint density at radius 2 is 2.11 bits per heavy atom. The smallest absolute Gasteiger partial charge is 0.122 e. The molecule has 0 radical (unpaired) electrons. The minimum atomic E-state index is 0.191. The highest BCUT2D eigenvalue weighted by Crippen LogP contribution is 2.36. The van der Waals surface area contributed by atoms with Crippen LogP contribution in [0.15, 0.2) is 34.1 Å². The number of nitrogens with two attached hydrogens (primary N) is 1.